The van der Waals surface area contributed by atoms with Gasteiger partial charge in [0.15, 0.2) is 0 Å². The van der Waals surface area contributed by atoms with E-state index in [2.05, 4.69) is 149 Å². The summed E-state index contributed by atoms with van der Waals surface area (Å²) in [4.78, 5) is 0. The van der Waals surface area contributed by atoms with E-state index in [1.54, 1.807) is 0 Å². The standard InChI is InChI=1S/C35H37.C15H12Cl2.C5H5.2ClH.Zr/c1-5-13-24(3)30-22-34-28(20-32(30)26-15-9-7-10-16-26)19-29-21-33(27-17-11-8-12-18-27)31(23-35(29)34)25(4)14-6-2;16-14-8-4-12(5-9-14)2-1-3-13-6-10-15(17)11-7-13;1-2-4-5-3-1;;;/h7-12,15-18,20,22-25H,5-6,13-14,19H2,1-4H3;4-11H,2-3H2;1-3H,4H2;2*1H;/q-1;;-1;;;+2/p-2. The summed E-state index contributed by atoms with van der Waals surface area (Å²) in [7, 11) is 0. The molecule has 0 saturated carbocycles. The van der Waals surface area contributed by atoms with Gasteiger partial charge in [0, 0.05) is 0 Å². The minimum atomic E-state index is 0. The van der Waals surface area contributed by atoms with Gasteiger partial charge in [0.25, 0.3) is 0 Å². The summed E-state index contributed by atoms with van der Waals surface area (Å²) >= 11 is 13.2. The molecule has 0 heterocycles. The number of hydrogen-bond donors (Lipinski definition) is 0. The maximum atomic E-state index is 5.88. The van der Waals surface area contributed by atoms with Crippen molar-refractivity contribution in [2.24, 2.45) is 0 Å². The molecule has 0 spiro atoms. The molecule has 6 aromatic rings. The van der Waals surface area contributed by atoms with Crippen LogP contribution in [0.2, 0.25) is 10.0 Å². The Morgan fingerprint density at radius 2 is 1.15 bits per heavy atom. The van der Waals surface area contributed by atoms with Crippen molar-refractivity contribution in [3.8, 4) is 33.4 Å². The molecule has 0 fully saturated rings. The van der Waals surface area contributed by atoms with Crippen LogP contribution in [-0.4, -0.2) is 3.21 Å². The van der Waals surface area contributed by atoms with E-state index in [4.69, 9.17) is 23.2 Å². The summed E-state index contributed by atoms with van der Waals surface area (Å²) < 4.78 is 1.52. The first-order valence-corrected chi connectivity index (χ1v) is 22.9. The third-order valence-corrected chi connectivity index (χ3v) is 12.4. The van der Waals surface area contributed by atoms with Gasteiger partial charge in [-0.3, -0.25) is 6.08 Å². The molecule has 0 radical (unpaired) electrons. The predicted molar refractivity (Wildman–Crippen MR) is 248 cm³/mol. The van der Waals surface area contributed by atoms with Gasteiger partial charge in [0.1, 0.15) is 0 Å². The van der Waals surface area contributed by atoms with E-state index >= 15 is 0 Å². The summed E-state index contributed by atoms with van der Waals surface area (Å²) in [6, 6.07) is 49.4. The number of benzene rings is 6. The third kappa shape index (κ3) is 13.6. The smallest absolute Gasteiger partial charge is 0.109 e. The van der Waals surface area contributed by atoms with Crippen molar-refractivity contribution in [1.29, 1.82) is 0 Å². The number of hydrogen-bond acceptors (Lipinski definition) is 0. The predicted octanol–water partition coefficient (Wildman–Crippen LogP) is 10.0. The number of allylic oxidation sites excluding steroid dienone is 4. The monoisotopic (exact) mass is 944 g/mol. The molecule has 5 heteroatoms. The summed E-state index contributed by atoms with van der Waals surface area (Å²) in [6.45, 7) is 9.36. The fourth-order valence-corrected chi connectivity index (χ4v) is 9.27. The van der Waals surface area contributed by atoms with Crippen LogP contribution in [0.3, 0.4) is 0 Å². The van der Waals surface area contributed by atoms with Gasteiger partial charge in [0.2, 0.25) is 0 Å². The van der Waals surface area contributed by atoms with E-state index in [0.717, 1.165) is 35.7 Å². The van der Waals surface area contributed by atoms with E-state index in [1.165, 1.54) is 120 Å². The van der Waals surface area contributed by atoms with Gasteiger partial charge in [-0.1, -0.05) is 142 Å². The summed E-state index contributed by atoms with van der Waals surface area (Å²) in [5, 5.41) is 1.59. The van der Waals surface area contributed by atoms with E-state index in [0.29, 0.717) is 11.8 Å². The Morgan fingerprint density at radius 3 is 1.63 bits per heavy atom. The first-order chi connectivity index (χ1) is 28.2. The Bertz CT molecular complexity index is 2150. The molecule has 8 rings (SSSR count). The van der Waals surface area contributed by atoms with Gasteiger partial charge in [-0.25, -0.2) is 12.2 Å². The van der Waals surface area contributed by atoms with Crippen molar-refractivity contribution in [3.63, 3.8) is 0 Å². The number of halogens is 4. The second-order valence-electron chi connectivity index (χ2n) is 15.6. The molecule has 6 aromatic carbocycles. The van der Waals surface area contributed by atoms with E-state index in [-0.39, 0.29) is 24.8 Å². The SMILES string of the molecule is CCCC(C)c1cc2c([c-]c1-c1ccccc1)Cc1cc(-c3ccccc3)c(C(C)CCC)cc1-2.Clc1ccc(C[C](=[Zr+2])Cc2ccc(Cl)cc2)cc1.[C-]1=CC=CC1.[Cl-].[Cl-]. The van der Waals surface area contributed by atoms with Crippen LogP contribution in [0.15, 0.2) is 146 Å². The normalized spacial score (nSPS) is 12.7. The molecule has 60 heavy (non-hydrogen) atoms. The van der Waals surface area contributed by atoms with Crippen molar-refractivity contribution in [2.75, 3.05) is 0 Å². The van der Waals surface area contributed by atoms with Crippen LogP contribution >= 0.6 is 23.2 Å². The molecular formula is C55H54Cl4Zr-2. The van der Waals surface area contributed by atoms with Crippen molar-refractivity contribution >= 4 is 26.4 Å². The number of rotatable bonds is 12. The molecule has 0 saturated heterocycles. The van der Waals surface area contributed by atoms with Crippen LogP contribution in [0.25, 0.3) is 33.4 Å². The van der Waals surface area contributed by atoms with Crippen LogP contribution in [-0.2, 0) is 43.5 Å². The van der Waals surface area contributed by atoms with E-state index in [1.807, 2.05) is 36.4 Å². The Morgan fingerprint density at radius 1 is 0.633 bits per heavy atom. The van der Waals surface area contributed by atoms with Gasteiger partial charge < -0.3 is 24.8 Å². The quantitative estimate of drug-likeness (QED) is 0.107. The molecule has 0 aromatic heterocycles. The molecule has 2 aliphatic rings. The minimum absolute atomic E-state index is 0. The Balaban J connectivity index is 0.000000265. The first kappa shape index (κ1) is 49.4. The molecule has 2 atom stereocenters. The van der Waals surface area contributed by atoms with Crippen molar-refractivity contribution in [2.45, 2.75) is 90.9 Å². The van der Waals surface area contributed by atoms with Crippen molar-refractivity contribution < 1.29 is 49.0 Å². The topological polar surface area (TPSA) is 0 Å². The van der Waals surface area contributed by atoms with E-state index < -0.39 is 0 Å². The molecule has 0 N–H and O–H groups in total. The summed E-state index contributed by atoms with van der Waals surface area (Å²) in [5.74, 6) is 1.05. The number of fused-ring (bicyclic) bond motifs is 3. The molecule has 308 valence electrons. The zero-order chi connectivity index (χ0) is 40.9. The Labute approximate surface area is 397 Å². The summed E-state index contributed by atoms with van der Waals surface area (Å²) in [5.41, 5.74) is 16.5. The Kier molecular flexibility index (Phi) is 20.6. The molecule has 2 aliphatic carbocycles. The van der Waals surface area contributed by atoms with Gasteiger partial charge in [-0.05, 0) is 41.0 Å². The van der Waals surface area contributed by atoms with Crippen LogP contribution in [0.1, 0.15) is 105 Å². The average Bonchev–Trinajstić information content (AvgIpc) is 3.95. The Hall–Kier alpha value is -3.29. The van der Waals surface area contributed by atoms with Gasteiger partial charge in [-0.15, -0.1) is 35.2 Å². The molecule has 0 bridgehead atoms. The third-order valence-electron chi connectivity index (χ3n) is 11.0. The van der Waals surface area contributed by atoms with E-state index in [9.17, 15) is 0 Å². The van der Waals surface area contributed by atoms with Crippen LogP contribution in [0.5, 0.6) is 0 Å². The van der Waals surface area contributed by atoms with Crippen molar-refractivity contribution in [3.05, 3.63) is 201 Å². The molecule has 0 nitrogen and oxygen atoms in total. The second kappa shape index (κ2) is 25.0. The van der Waals surface area contributed by atoms with Crippen molar-refractivity contribution in [1.82, 2.24) is 0 Å². The van der Waals surface area contributed by atoms with Gasteiger partial charge in [-0.2, -0.15) is 6.08 Å². The molecule has 0 amide bonds. The zero-order valence-electron chi connectivity index (χ0n) is 35.2. The van der Waals surface area contributed by atoms with Crippen LogP contribution < -0.4 is 24.8 Å². The maximum Gasteiger partial charge on any atom is -0.109 e. The fourth-order valence-electron chi connectivity index (χ4n) is 8.02. The summed E-state index contributed by atoms with van der Waals surface area (Å²) in [6.07, 6.45) is 17.8. The first-order valence-electron chi connectivity index (χ1n) is 20.9. The van der Waals surface area contributed by atoms with Crippen LogP contribution in [0, 0.1) is 12.1 Å². The fraction of sp³-hybridized carbons (Fsp3) is 0.255. The maximum absolute atomic E-state index is 5.88. The van der Waals surface area contributed by atoms with Gasteiger partial charge in [0.05, 0.1) is 0 Å². The van der Waals surface area contributed by atoms with Crippen LogP contribution in [0.4, 0.5) is 0 Å². The minimum Gasteiger partial charge on any atom is -1.00 e. The zero-order valence-corrected chi connectivity index (χ0v) is 40.7. The van der Waals surface area contributed by atoms with Gasteiger partial charge >= 0.3 is 133 Å². The second-order valence-corrected chi connectivity index (χ2v) is 18.2. The molecule has 2 unspecified atom stereocenters. The molecule has 0 aliphatic heterocycles. The largest absolute Gasteiger partial charge is 1.00 e. The average molecular weight is 948 g/mol. The molecular weight excluding hydrogens is 894 g/mol.